The van der Waals surface area contributed by atoms with Crippen molar-refractivity contribution in [3.05, 3.63) is 48.5 Å². The standard InChI is InChI=1S/C22H30N6O3S/c1-18(23)26-9-6-20(7-10-26)15-27-12-13-28(16-22(27)29)32(30,31)21-4-2-19(3-5-21)14-25-11-8-24-17-25/h2-5,8,11,17,20,23H,6-7,9-10,12-16H2,1H3. The smallest absolute Gasteiger partial charge is 0.243 e. The Morgan fingerprint density at radius 3 is 2.44 bits per heavy atom. The van der Waals surface area contributed by atoms with Crippen molar-refractivity contribution in [1.82, 2.24) is 23.7 Å². The van der Waals surface area contributed by atoms with E-state index in [1.165, 1.54) is 4.31 Å². The summed E-state index contributed by atoms with van der Waals surface area (Å²) in [6, 6.07) is 6.82. The van der Waals surface area contributed by atoms with Gasteiger partial charge in [-0.1, -0.05) is 12.1 Å². The summed E-state index contributed by atoms with van der Waals surface area (Å²) in [5.74, 6) is 0.857. The Morgan fingerprint density at radius 2 is 1.84 bits per heavy atom. The molecular formula is C22H30N6O3S. The molecule has 32 heavy (non-hydrogen) atoms. The van der Waals surface area contributed by atoms with E-state index in [9.17, 15) is 13.2 Å². The summed E-state index contributed by atoms with van der Waals surface area (Å²) in [6.07, 6.45) is 7.18. The fourth-order valence-electron chi connectivity index (χ4n) is 4.35. The van der Waals surface area contributed by atoms with E-state index in [1.54, 1.807) is 48.6 Å². The minimum atomic E-state index is -3.71. The van der Waals surface area contributed by atoms with Gasteiger partial charge < -0.3 is 14.4 Å². The van der Waals surface area contributed by atoms with Crippen molar-refractivity contribution >= 4 is 21.8 Å². The average Bonchev–Trinajstić information content (AvgIpc) is 3.29. The molecule has 9 nitrogen and oxygen atoms in total. The van der Waals surface area contributed by atoms with Crippen LogP contribution in [0.5, 0.6) is 0 Å². The van der Waals surface area contributed by atoms with E-state index in [-0.39, 0.29) is 17.3 Å². The van der Waals surface area contributed by atoms with Crippen LogP contribution in [0.15, 0.2) is 47.9 Å². The highest BCUT2D eigenvalue weighted by Crippen LogP contribution is 2.22. The van der Waals surface area contributed by atoms with E-state index in [0.29, 0.717) is 37.9 Å². The number of nitrogens with zero attached hydrogens (tertiary/aromatic N) is 5. The summed E-state index contributed by atoms with van der Waals surface area (Å²) in [5, 5.41) is 7.74. The second kappa shape index (κ2) is 9.41. The number of imidazole rings is 1. The molecule has 2 aliphatic heterocycles. The van der Waals surface area contributed by atoms with Crippen LogP contribution < -0.4 is 0 Å². The van der Waals surface area contributed by atoms with Crippen LogP contribution in [0.4, 0.5) is 0 Å². The molecule has 1 N–H and O–H groups in total. The topological polar surface area (TPSA) is 103 Å². The van der Waals surface area contributed by atoms with Crippen molar-refractivity contribution in [2.24, 2.45) is 5.92 Å². The molecule has 2 aliphatic rings. The van der Waals surface area contributed by atoms with Crippen LogP contribution in [0.3, 0.4) is 0 Å². The van der Waals surface area contributed by atoms with Gasteiger partial charge in [-0.3, -0.25) is 10.2 Å². The van der Waals surface area contributed by atoms with Crippen molar-refractivity contribution in [3.63, 3.8) is 0 Å². The van der Waals surface area contributed by atoms with Crippen LogP contribution in [-0.2, 0) is 21.4 Å². The lowest BCUT2D eigenvalue weighted by Crippen LogP contribution is -2.53. The fraction of sp³-hybridized carbons (Fsp3) is 0.500. The molecule has 2 fully saturated rings. The monoisotopic (exact) mass is 458 g/mol. The number of carbonyl (C=O) groups excluding carboxylic acids is 1. The Kier molecular flexibility index (Phi) is 6.61. The molecule has 0 unspecified atom stereocenters. The maximum atomic E-state index is 13.1. The predicted molar refractivity (Wildman–Crippen MR) is 121 cm³/mol. The molecule has 0 aliphatic carbocycles. The predicted octanol–water partition coefficient (Wildman–Crippen LogP) is 1.47. The number of sulfonamides is 1. The second-order valence-corrected chi connectivity index (χ2v) is 10.5. The van der Waals surface area contributed by atoms with Gasteiger partial charge in [0.2, 0.25) is 15.9 Å². The van der Waals surface area contributed by atoms with Gasteiger partial charge in [0, 0.05) is 51.7 Å². The molecule has 3 heterocycles. The quantitative estimate of drug-likeness (QED) is 0.522. The number of likely N-dealkylation sites (tertiary alicyclic amines) is 1. The molecule has 1 amide bonds. The van der Waals surface area contributed by atoms with E-state index in [0.717, 1.165) is 31.5 Å². The summed E-state index contributed by atoms with van der Waals surface area (Å²) in [4.78, 5) is 20.8. The lowest BCUT2D eigenvalue weighted by molar-refractivity contribution is -0.134. The lowest BCUT2D eigenvalue weighted by atomic mass is 9.96. The van der Waals surface area contributed by atoms with E-state index >= 15 is 0 Å². The summed E-state index contributed by atoms with van der Waals surface area (Å²) >= 11 is 0. The van der Waals surface area contributed by atoms with Gasteiger partial charge in [0.25, 0.3) is 0 Å². The highest BCUT2D eigenvalue weighted by molar-refractivity contribution is 7.89. The van der Waals surface area contributed by atoms with Crippen LogP contribution in [0.25, 0.3) is 0 Å². The third-order valence-corrected chi connectivity index (χ3v) is 8.20. The maximum absolute atomic E-state index is 13.1. The van der Waals surface area contributed by atoms with Crippen molar-refractivity contribution in [2.45, 2.75) is 31.2 Å². The number of amides is 1. The Balaban J connectivity index is 1.33. The molecule has 1 aromatic carbocycles. The highest BCUT2D eigenvalue weighted by Gasteiger charge is 2.34. The molecule has 4 rings (SSSR count). The lowest BCUT2D eigenvalue weighted by Gasteiger charge is -2.38. The third-order valence-electron chi connectivity index (χ3n) is 6.34. The van der Waals surface area contributed by atoms with Crippen LogP contribution in [0, 0.1) is 11.3 Å². The van der Waals surface area contributed by atoms with Crippen molar-refractivity contribution in [2.75, 3.05) is 39.3 Å². The van der Waals surface area contributed by atoms with E-state index < -0.39 is 10.0 Å². The van der Waals surface area contributed by atoms with Gasteiger partial charge in [0.15, 0.2) is 0 Å². The molecule has 2 saturated heterocycles. The number of hydrogen-bond donors (Lipinski definition) is 1. The second-order valence-electron chi connectivity index (χ2n) is 8.57. The summed E-state index contributed by atoms with van der Waals surface area (Å²) < 4.78 is 29.3. The number of benzene rings is 1. The number of aromatic nitrogens is 2. The van der Waals surface area contributed by atoms with Gasteiger partial charge in [0.1, 0.15) is 0 Å². The zero-order valence-corrected chi connectivity index (χ0v) is 19.2. The fourth-order valence-corrected chi connectivity index (χ4v) is 5.74. The molecule has 0 atom stereocenters. The molecule has 0 bridgehead atoms. The molecule has 172 valence electrons. The molecule has 0 spiro atoms. The Hall–Kier alpha value is -2.72. The van der Waals surface area contributed by atoms with Crippen LogP contribution in [-0.4, -0.2) is 83.1 Å². The Bertz CT molecular complexity index is 1040. The number of nitrogens with one attached hydrogen (secondary N) is 1. The first-order valence-corrected chi connectivity index (χ1v) is 12.4. The molecule has 2 aromatic rings. The van der Waals surface area contributed by atoms with Gasteiger partial charge in [-0.2, -0.15) is 4.31 Å². The van der Waals surface area contributed by atoms with Crippen molar-refractivity contribution in [3.8, 4) is 0 Å². The maximum Gasteiger partial charge on any atom is 0.243 e. The Morgan fingerprint density at radius 1 is 1.12 bits per heavy atom. The average molecular weight is 459 g/mol. The summed E-state index contributed by atoms with van der Waals surface area (Å²) in [5.41, 5.74) is 0.979. The highest BCUT2D eigenvalue weighted by atomic mass is 32.2. The first-order chi connectivity index (χ1) is 15.3. The first kappa shape index (κ1) is 22.5. The van der Waals surface area contributed by atoms with Crippen LogP contribution in [0.2, 0.25) is 0 Å². The van der Waals surface area contributed by atoms with Gasteiger partial charge in [0.05, 0.1) is 23.6 Å². The van der Waals surface area contributed by atoms with E-state index in [1.807, 2.05) is 10.8 Å². The largest absolute Gasteiger partial charge is 0.361 e. The summed E-state index contributed by atoms with van der Waals surface area (Å²) in [6.45, 7) is 5.40. The van der Waals surface area contributed by atoms with Gasteiger partial charge in [-0.25, -0.2) is 13.4 Å². The van der Waals surface area contributed by atoms with Gasteiger partial charge in [-0.15, -0.1) is 0 Å². The Labute approximate surface area is 189 Å². The number of piperidine rings is 1. The van der Waals surface area contributed by atoms with Crippen LogP contribution >= 0.6 is 0 Å². The zero-order chi connectivity index (χ0) is 22.7. The van der Waals surface area contributed by atoms with E-state index in [4.69, 9.17) is 5.41 Å². The first-order valence-electron chi connectivity index (χ1n) is 11.0. The van der Waals surface area contributed by atoms with Crippen LogP contribution in [0.1, 0.15) is 25.3 Å². The van der Waals surface area contributed by atoms with Gasteiger partial charge >= 0.3 is 0 Å². The molecule has 0 radical (unpaired) electrons. The minimum absolute atomic E-state index is 0.114. The molecular weight excluding hydrogens is 428 g/mol. The minimum Gasteiger partial charge on any atom is -0.361 e. The van der Waals surface area contributed by atoms with Crippen molar-refractivity contribution in [1.29, 1.82) is 5.41 Å². The van der Waals surface area contributed by atoms with E-state index in [2.05, 4.69) is 9.88 Å². The van der Waals surface area contributed by atoms with Gasteiger partial charge in [-0.05, 0) is 43.4 Å². The number of rotatable bonds is 6. The normalized spacial score (nSPS) is 18.8. The van der Waals surface area contributed by atoms with Crippen molar-refractivity contribution < 1.29 is 13.2 Å². The number of carbonyl (C=O) groups is 1. The number of piperazine rings is 1. The molecule has 0 saturated carbocycles. The molecule has 10 heteroatoms. The zero-order valence-electron chi connectivity index (χ0n) is 18.4. The third kappa shape index (κ3) is 5.02. The molecule has 1 aromatic heterocycles. The number of hydrogen-bond acceptors (Lipinski definition) is 5. The summed E-state index contributed by atoms with van der Waals surface area (Å²) in [7, 11) is -3.71. The SMILES string of the molecule is CC(=N)N1CCC(CN2CCN(S(=O)(=O)c3ccc(Cn4ccnc4)cc3)CC2=O)CC1. The number of amidine groups is 1.